The molecular weight excluding hydrogens is 1210 g/mol. The number of hydrogen-bond donors (Lipinski definition) is 0. The number of fused-ring (bicyclic) bond motifs is 12. The number of nitrogens with zero attached hydrogens (tertiary/aromatic N) is 2. The van der Waals surface area contributed by atoms with Crippen molar-refractivity contribution in [3.63, 3.8) is 0 Å². The maximum atomic E-state index is 9.49. The van der Waals surface area contributed by atoms with E-state index in [-0.39, 0.29) is 10.8 Å². The van der Waals surface area contributed by atoms with Crippen molar-refractivity contribution in [1.82, 2.24) is 0 Å². The van der Waals surface area contributed by atoms with Crippen LogP contribution in [0.25, 0.3) is 52.9 Å². The largest absolute Gasteiger partial charge is 0.198 e. The monoisotopic (exact) mass is 1320 g/mol. The zero-order chi connectivity index (χ0) is 64.7. The third-order valence-corrected chi connectivity index (χ3v) is 26.6. The fraction of sp³-hybridized carbons (Fsp3) is 0.477. The van der Waals surface area contributed by atoms with Crippen LogP contribution in [0.5, 0.6) is 0 Å². The third kappa shape index (κ3) is 15.1. The molecule has 2 nitrogen and oxygen atoms in total. The molecule has 0 unspecified atom stereocenters. The van der Waals surface area contributed by atoms with E-state index in [9.17, 15) is 10.5 Å². The van der Waals surface area contributed by atoms with Crippen LogP contribution in [0.2, 0.25) is 0 Å². The second-order valence-corrected chi connectivity index (χ2v) is 32.8. The molecule has 0 saturated carbocycles. The predicted molar refractivity (Wildman–Crippen MR) is 409 cm³/mol. The van der Waals surface area contributed by atoms with Gasteiger partial charge in [0.05, 0.1) is 12.1 Å². The smallest absolute Gasteiger partial charge is 0.0630 e. The topological polar surface area (TPSA) is 47.6 Å². The summed E-state index contributed by atoms with van der Waals surface area (Å²) in [4.78, 5) is 8.39. The summed E-state index contributed by atoms with van der Waals surface area (Å²) >= 11 is 7.81. The highest BCUT2D eigenvalue weighted by Gasteiger charge is 2.53. The maximum absolute atomic E-state index is 9.49. The van der Waals surface area contributed by atoms with Crippen molar-refractivity contribution in [3.05, 3.63) is 188 Å². The average molecular weight is 1320 g/mol. The Hall–Kier alpha value is -5.60. The number of hydrogen-bond acceptors (Lipinski definition) is 6. The van der Waals surface area contributed by atoms with E-state index in [4.69, 9.17) is 0 Å². The zero-order valence-corrected chi connectivity index (χ0v) is 60.8. The van der Waals surface area contributed by atoms with E-state index in [1.54, 1.807) is 68.0 Å². The Morgan fingerprint density at radius 2 is 0.596 bits per heavy atom. The summed E-state index contributed by atoms with van der Waals surface area (Å²) in [7, 11) is 0. The molecule has 12 rings (SSSR count). The Morgan fingerprint density at radius 3 is 0.872 bits per heavy atom. The zero-order valence-electron chi connectivity index (χ0n) is 57.5. The van der Waals surface area contributed by atoms with Crippen LogP contribution in [0, 0.1) is 22.7 Å². The van der Waals surface area contributed by atoms with Gasteiger partial charge in [0, 0.05) is 64.5 Å². The Balaban J connectivity index is 1.01. The van der Waals surface area contributed by atoms with Crippen LogP contribution >= 0.6 is 46.2 Å². The number of thioether (sulfide) groups is 2. The van der Waals surface area contributed by atoms with E-state index in [1.165, 1.54) is 239 Å². The lowest BCUT2D eigenvalue weighted by atomic mass is 9.74. The first-order valence-corrected chi connectivity index (χ1v) is 41.0. The molecule has 0 bridgehead atoms. The van der Waals surface area contributed by atoms with E-state index in [2.05, 4.69) is 184 Å². The first-order chi connectivity index (χ1) is 46.3. The van der Waals surface area contributed by atoms with Crippen LogP contribution in [0.4, 0.5) is 0 Å². The summed E-state index contributed by atoms with van der Waals surface area (Å²) in [6.45, 7) is 9.30. The molecule has 6 heteroatoms. The SMILES string of the molecule is CCCCCCCCc1ccc2c(c1)C1(Cc3c(-c4ccc(SCCC#N)cc4)sc(-c4sc(-c5ccc(SCCC#N)cc5)c5c4CC4(C5)c5cc(CCCCCCCC)ccc5-c5ccc(CCCCCCCC)cc54)c3C1)c1cc(CCCCCCCC)ccc1-2. The molecule has 4 aliphatic carbocycles. The van der Waals surface area contributed by atoms with Crippen LogP contribution in [0.3, 0.4) is 0 Å². The molecule has 4 aliphatic rings. The second-order valence-electron chi connectivity index (χ2n) is 28.5. The van der Waals surface area contributed by atoms with Crippen molar-refractivity contribution in [1.29, 1.82) is 10.5 Å². The number of rotatable bonds is 37. The molecule has 0 aliphatic heterocycles. The van der Waals surface area contributed by atoms with E-state index in [0.717, 1.165) is 62.9 Å². The lowest BCUT2D eigenvalue weighted by Gasteiger charge is -2.29. The Morgan fingerprint density at radius 1 is 0.330 bits per heavy atom. The van der Waals surface area contributed by atoms with Crippen LogP contribution in [0.1, 0.15) is 261 Å². The van der Waals surface area contributed by atoms with Gasteiger partial charge >= 0.3 is 0 Å². The highest BCUT2D eigenvalue weighted by Crippen LogP contribution is 2.65. The standard InChI is InChI=1S/C88H104N2S4/c1-5-9-13-17-21-25-31-63-35-47-71-72-48-36-64(32-26-22-18-14-10-6-2)56-80(72)87(79(71)55-63)59-75-77(61-87)85(93-83(75)67-39-43-69(44-40-67)91-53-29-51-89)86-78-62-88(60-76(78)84(94-86)68-41-45-70(46-42-68)92-54-30-52-90)81-57-65(33-27-23-19-15-11-7-3)37-49-73(81)74-50-38-66(58-82(74)88)34-28-24-20-16-12-8-4/h35-50,55-58H,5-34,53-54,59-62H2,1-4H3. The Bertz CT molecular complexity index is 3530. The molecule has 0 N–H and O–H groups in total. The molecule has 0 radical (unpaired) electrons. The predicted octanol–water partition coefficient (Wildman–Crippen LogP) is 26.6. The molecule has 2 heterocycles. The highest BCUT2D eigenvalue weighted by molar-refractivity contribution is 7.99. The van der Waals surface area contributed by atoms with Crippen molar-refractivity contribution in [2.24, 2.45) is 0 Å². The van der Waals surface area contributed by atoms with Gasteiger partial charge in [0.25, 0.3) is 0 Å². The quantitative estimate of drug-likeness (QED) is 0.0288. The van der Waals surface area contributed by atoms with Gasteiger partial charge in [-0.15, -0.1) is 46.2 Å². The van der Waals surface area contributed by atoms with Crippen molar-refractivity contribution >= 4 is 46.2 Å². The molecule has 0 fully saturated rings. The second kappa shape index (κ2) is 33.1. The van der Waals surface area contributed by atoms with Crippen LogP contribution in [-0.4, -0.2) is 11.5 Å². The van der Waals surface area contributed by atoms with Gasteiger partial charge in [-0.2, -0.15) is 10.5 Å². The van der Waals surface area contributed by atoms with Crippen LogP contribution in [0.15, 0.2) is 131 Å². The highest BCUT2D eigenvalue weighted by atomic mass is 32.2. The van der Waals surface area contributed by atoms with Crippen molar-refractivity contribution in [2.75, 3.05) is 11.5 Å². The molecule has 6 aromatic carbocycles. The fourth-order valence-corrected chi connectivity index (χ4v) is 21.1. The summed E-state index contributed by atoms with van der Waals surface area (Å²) in [6.07, 6.45) is 41.2. The van der Waals surface area contributed by atoms with Crippen molar-refractivity contribution < 1.29 is 0 Å². The van der Waals surface area contributed by atoms with Gasteiger partial charge in [-0.25, -0.2) is 0 Å². The number of aryl methyl sites for hydroxylation is 4. The first kappa shape index (κ1) is 68.3. The van der Waals surface area contributed by atoms with Gasteiger partial charge in [-0.3, -0.25) is 0 Å². The molecule has 2 spiro atoms. The maximum Gasteiger partial charge on any atom is 0.0630 e. The summed E-state index contributed by atoms with van der Waals surface area (Å²) in [5.41, 5.74) is 26.8. The van der Waals surface area contributed by atoms with E-state index in [1.807, 2.05) is 0 Å². The average Bonchev–Trinajstić information content (AvgIpc) is 1.55. The molecule has 0 saturated heterocycles. The molecule has 490 valence electrons. The Kier molecular flexibility index (Phi) is 24.1. The van der Waals surface area contributed by atoms with Gasteiger partial charge < -0.3 is 0 Å². The number of benzene rings is 6. The number of thiophene rings is 2. The first-order valence-electron chi connectivity index (χ1n) is 37.4. The minimum atomic E-state index is -0.167. The van der Waals surface area contributed by atoms with Gasteiger partial charge in [-0.05, 0) is 201 Å². The minimum Gasteiger partial charge on any atom is -0.198 e. The normalized spacial score (nSPS) is 14.1. The van der Waals surface area contributed by atoms with E-state index < -0.39 is 0 Å². The van der Waals surface area contributed by atoms with Crippen molar-refractivity contribution in [2.45, 2.75) is 267 Å². The minimum absolute atomic E-state index is 0.167. The van der Waals surface area contributed by atoms with E-state index in [0.29, 0.717) is 12.8 Å². The van der Waals surface area contributed by atoms with Gasteiger partial charge in [0.2, 0.25) is 0 Å². The molecule has 0 amide bonds. The van der Waals surface area contributed by atoms with Crippen LogP contribution in [-0.2, 0) is 62.2 Å². The summed E-state index contributed by atoms with van der Waals surface area (Å²) in [5.74, 6) is 1.62. The molecule has 8 aromatic rings. The third-order valence-electron chi connectivity index (χ3n) is 21.8. The molecular formula is C88H104N2S4. The Labute approximate surface area is 583 Å². The van der Waals surface area contributed by atoms with Gasteiger partial charge in [0.1, 0.15) is 0 Å². The number of unbranched alkanes of at least 4 members (excludes halogenated alkanes) is 20. The van der Waals surface area contributed by atoms with E-state index >= 15 is 0 Å². The fourth-order valence-electron chi connectivity index (χ4n) is 16.7. The summed E-state index contributed by atoms with van der Waals surface area (Å²) in [5, 5.41) is 19.0. The molecule has 0 atom stereocenters. The lowest BCUT2D eigenvalue weighted by Crippen LogP contribution is -2.26. The van der Waals surface area contributed by atoms with Gasteiger partial charge in [-0.1, -0.05) is 253 Å². The van der Waals surface area contributed by atoms with Crippen molar-refractivity contribution in [3.8, 4) is 65.0 Å². The molecule has 2 aromatic heterocycles. The summed E-state index contributed by atoms with van der Waals surface area (Å²) in [6, 6.07) is 54.7. The van der Waals surface area contributed by atoms with Crippen LogP contribution < -0.4 is 0 Å². The van der Waals surface area contributed by atoms with Gasteiger partial charge in [0.15, 0.2) is 0 Å². The molecule has 94 heavy (non-hydrogen) atoms. The lowest BCUT2D eigenvalue weighted by molar-refractivity contribution is 0.560. The summed E-state index contributed by atoms with van der Waals surface area (Å²) < 4.78 is 0. The number of nitriles is 2.